The molecule has 35 heavy (non-hydrogen) atoms. The van der Waals surface area contributed by atoms with Crippen molar-refractivity contribution in [3.8, 4) is 11.8 Å². The third-order valence-corrected chi connectivity index (χ3v) is 6.78. The number of rotatable bonds is 6. The standard InChI is InChI=1S/C23H13Br2F3N2O4S/c24-19-10-14(11-20(25)21(19)34-35(32,33)18-7-2-1-3-8-18)9-15(13-29)22(31)30-17-6-4-5-16(12-17)23(26,27)28/h1-12H,(H,30,31)/b15-9+. The molecule has 0 aliphatic rings. The largest absolute Gasteiger partial charge is 0.416 e. The van der Waals surface area contributed by atoms with E-state index in [9.17, 15) is 31.6 Å². The molecule has 0 fully saturated rings. The lowest BCUT2D eigenvalue weighted by Crippen LogP contribution is -2.14. The summed E-state index contributed by atoms with van der Waals surface area (Å²) in [6.07, 6.45) is -3.40. The Morgan fingerprint density at radius 1 is 1.00 bits per heavy atom. The predicted octanol–water partition coefficient (Wildman–Crippen LogP) is 6.54. The maximum absolute atomic E-state index is 12.9. The number of anilines is 1. The van der Waals surface area contributed by atoms with Crippen LogP contribution in [0.5, 0.6) is 5.75 Å². The van der Waals surface area contributed by atoms with Crippen molar-refractivity contribution in [2.75, 3.05) is 5.32 Å². The van der Waals surface area contributed by atoms with Gasteiger partial charge in [-0.25, -0.2) is 0 Å². The number of alkyl halides is 3. The molecular formula is C23H13Br2F3N2O4S. The van der Waals surface area contributed by atoms with Crippen LogP contribution in [0.4, 0.5) is 18.9 Å². The van der Waals surface area contributed by atoms with Crippen molar-refractivity contribution in [3.63, 3.8) is 0 Å². The van der Waals surface area contributed by atoms with E-state index in [-0.39, 0.29) is 25.3 Å². The lowest BCUT2D eigenvalue weighted by Gasteiger charge is -2.12. The van der Waals surface area contributed by atoms with E-state index in [2.05, 4.69) is 37.2 Å². The highest BCUT2D eigenvalue weighted by atomic mass is 79.9. The second-order valence-corrected chi connectivity index (χ2v) is 10.1. The summed E-state index contributed by atoms with van der Waals surface area (Å²) in [4.78, 5) is 12.4. The zero-order valence-electron chi connectivity index (χ0n) is 17.3. The first kappa shape index (κ1) is 26.5. The van der Waals surface area contributed by atoms with Gasteiger partial charge in [-0.1, -0.05) is 24.3 Å². The van der Waals surface area contributed by atoms with E-state index < -0.39 is 33.3 Å². The lowest BCUT2D eigenvalue weighted by molar-refractivity contribution is -0.137. The fourth-order valence-corrected chi connectivity index (χ4v) is 5.36. The minimum absolute atomic E-state index is 0.0548. The van der Waals surface area contributed by atoms with Crippen LogP contribution in [-0.2, 0) is 21.1 Å². The summed E-state index contributed by atoms with van der Waals surface area (Å²) in [5.74, 6) is -0.982. The zero-order chi connectivity index (χ0) is 25.8. The van der Waals surface area contributed by atoms with Crippen LogP contribution in [0.15, 0.2) is 86.1 Å². The third kappa shape index (κ3) is 6.72. The molecule has 1 amide bonds. The highest BCUT2D eigenvalue weighted by molar-refractivity contribution is 9.11. The smallest absolute Gasteiger partial charge is 0.377 e. The van der Waals surface area contributed by atoms with Gasteiger partial charge in [0.2, 0.25) is 0 Å². The summed E-state index contributed by atoms with van der Waals surface area (Å²) < 4.78 is 69.3. The van der Waals surface area contributed by atoms with E-state index in [0.29, 0.717) is 5.56 Å². The SMILES string of the molecule is N#C/C(=C\c1cc(Br)c(OS(=O)(=O)c2ccccc2)c(Br)c1)C(=O)Nc1cccc(C(F)(F)F)c1. The van der Waals surface area contributed by atoms with Gasteiger partial charge in [-0.05, 0) is 86.0 Å². The van der Waals surface area contributed by atoms with Gasteiger partial charge in [0, 0.05) is 5.69 Å². The maximum Gasteiger partial charge on any atom is 0.416 e. The van der Waals surface area contributed by atoms with Gasteiger partial charge >= 0.3 is 16.3 Å². The Balaban J connectivity index is 1.85. The van der Waals surface area contributed by atoms with Gasteiger partial charge in [-0.15, -0.1) is 0 Å². The van der Waals surface area contributed by atoms with Crippen LogP contribution in [0.25, 0.3) is 6.08 Å². The number of hydrogen-bond donors (Lipinski definition) is 1. The molecular weight excluding hydrogens is 617 g/mol. The molecule has 6 nitrogen and oxygen atoms in total. The molecule has 0 heterocycles. The molecule has 3 aromatic rings. The van der Waals surface area contributed by atoms with E-state index in [1.165, 1.54) is 36.4 Å². The number of nitrogens with one attached hydrogen (secondary N) is 1. The molecule has 0 aliphatic carbocycles. The number of halogens is 5. The van der Waals surface area contributed by atoms with Crippen molar-refractivity contribution in [2.24, 2.45) is 0 Å². The van der Waals surface area contributed by atoms with Crippen LogP contribution in [0.1, 0.15) is 11.1 Å². The Labute approximate surface area is 215 Å². The lowest BCUT2D eigenvalue weighted by atomic mass is 10.1. The quantitative estimate of drug-likeness (QED) is 0.190. The molecule has 0 aromatic heterocycles. The third-order valence-electron chi connectivity index (χ3n) is 4.37. The fourth-order valence-electron chi connectivity index (χ4n) is 2.77. The Kier molecular flexibility index (Phi) is 8.04. The molecule has 0 aliphatic heterocycles. The number of nitrogens with zero attached hydrogens (tertiary/aromatic N) is 1. The highest BCUT2D eigenvalue weighted by Crippen LogP contribution is 2.37. The van der Waals surface area contributed by atoms with Gasteiger partial charge in [0.15, 0.2) is 5.75 Å². The molecule has 0 radical (unpaired) electrons. The Bertz CT molecular complexity index is 1430. The van der Waals surface area contributed by atoms with Crippen LogP contribution in [0.3, 0.4) is 0 Å². The van der Waals surface area contributed by atoms with Crippen LogP contribution in [-0.4, -0.2) is 14.3 Å². The van der Waals surface area contributed by atoms with Gasteiger partial charge in [0.1, 0.15) is 16.5 Å². The second-order valence-electron chi connectivity index (χ2n) is 6.87. The topological polar surface area (TPSA) is 96.3 Å². The summed E-state index contributed by atoms with van der Waals surface area (Å²) in [5, 5.41) is 11.7. The van der Waals surface area contributed by atoms with Crippen LogP contribution < -0.4 is 9.50 Å². The average molecular weight is 630 g/mol. The first-order chi connectivity index (χ1) is 16.4. The summed E-state index contributed by atoms with van der Waals surface area (Å²) >= 11 is 6.43. The summed E-state index contributed by atoms with van der Waals surface area (Å²) in [6.45, 7) is 0. The van der Waals surface area contributed by atoms with Crippen molar-refractivity contribution in [2.45, 2.75) is 11.1 Å². The minimum atomic E-state index is -4.59. The Hall–Kier alpha value is -3.14. The molecule has 0 atom stereocenters. The first-order valence-electron chi connectivity index (χ1n) is 9.49. The van der Waals surface area contributed by atoms with Crippen LogP contribution in [0, 0.1) is 11.3 Å². The van der Waals surface area contributed by atoms with Crippen LogP contribution in [0.2, 0.25) is 0 Å². The number of hydrogen-bond acceptors (Lipinski definition) is 5. The van der Waals surface area contributed by atoms with Crippen LogP contribution >= 0.6 is 31.9 Å². The fraction of sp³-hybridized carbons (Fsp3) is 0.0435. The molecule has 0 saturated heterocycles. The molecule has 0 saturated carbocycles. The van der Waals surface area contributed by atoms with Crippen molar-refractivity contribution in [1.29, 1.82) is 5.26 Å². The molecule has 1 N–H and O–H groups in total. The number of carbonyl (C=O) groups excluding carboxylic acids is 1. The van der Waals surface area contributed by atoms with E-state index in [1.807, 2.05) is 0 Å². The van der Waals surface area contributed by atoms with E-state index in [1.54, 1.807) is 24.3 Å². The van der Waals surface area contributed by atoms with Crippen molar-refractivity contribution >= 4 is 59.6 Å². The van der Waals surface area contributed by atoms with Gasteiger partial charge in [-0.3, -0.25) is 4.79 Å². The second kappa shape index (κ2) is 10.6. The molecule has 180 valence electrons. The highest BCUT2D eigenvalue weighted by Gasteiger charge is 2.30. The van der Waals surface area contributed by atoms with Gasteiger partial charge in [-0.2, -0.15) is 26.9 Å². The monoisotopic (exact) mass is 628 g/mol. The predicted molar refractivity (Wildman–Crippen MR) is 130 cm³/mol. The summed E-state index contributed by atoms with van der Waals surface area (Å²) in [5.41, 5.74) is -1.18. The summed E-state index contributed by atoms with van der Waals surface area (Å²) in [6, 6.07) is 16.0. The molecule has 0 unspecified atom stereocenters. The first-order valence-corrected chi connectivity index (χ1v) is 12.5. The summed E-state index contributed by atoms with van der Waals surface area (Å²) in [7, 11) is -4.13. The Morgan fingerprint density at radius 3 is 2.20 bits per heavy atom. The minimum Gasteiger partial charge on any atom is -0.377 e. The molecule has 0 bridgehead atoms. The van der Waals surface area contributed by atoms with Gasteiger partial charge < -0.3 is 9.50 Å². The van der Waals surface area contributed by atoms with Crippen molar-refractivity contribution < 1.29 is 30.6 Å². The van der Waals surface area contributed by atoms with E-state index in [0.717, 1.165) is 18.2 Å². The number of amides is 1. The molecule has 0 spiro atoms. The normalized spacial score (nSPS) is 12.1. The van der Waals surface area contributed by atoms with Crippen molar-refractivity contribution in [1.82, 2.24) is 0 Å². The number of benzene rings is 3. The van der Waals surface area contributed by atoms with Crippen molar-refractivity contribution in [3.05, 3.63) is 92.4 Å². The van der Waals surface area contributed by atoms with Gasteiger partial charge in [0.25, 0.3) is 5.91 Å². The maximum atomic E-state index is 12.9. The molecule has 3 aromatic carbocycles. The van der Waals surface area contributed by atoms with E-state index in [4.69, 9.17) is 4.18 Å². The Morgan fingerprint density at radius 2 is 1.63 bits per heavy atom. The average Bonchev–Trinajstić information content (AvgIpc) is 2.80. The van der Waals surface area contributed by atoms with Gasteiger partial charge in [0.05, 0.1) is 14.5 Å². The number of carbonyl (C=O) groups is 1. The molecule has 3 rings (SSSR count). The van der Waals surface area contributed by atoms with E-state index >= 15 is 0 Å². The molecule has 12 heteroatoms. The zero-order valence-corrected chi connectivity index (χ0v) is 21.3. The number of nitriles is 1.